The number of rotatable bonds is 5. The Morgan fingerprint density at radius 1 is 1.12 bits per heavy atom. The van der Waals surface area contributed by atoms with Crippen LogP contribution in [0, 0.1) is 5.92 Å². The third-order valence-electron chi connectivity index (χ3n) is 2.45. The molecule has 1 rings (SSSR count). The third kappa shape index (κ3) is 3.58. The Morgan fingerprint density at radius 3 is 2.06 bits per heavy atom. The van der Waals surface area contributed by atoms with Crippen molar-refractivity contribution in [3.05, 3.63) is 48.6 Å². The van der Waals surface area contributed by atoms with Gasteiger partial charge >= 0.3 is 0 Å². The highest BCUT2D eigenvalue weighted by Crippen LogP contribution is 2.15. The van der Waals surface area contributed by atoms with Crippen molar-refractivity contribution in [2.45, 2.75) is 20.8 Å². The molecule has 1 aromatic carbocycles. The summed E-state index contributed by atoms with van der Waals surface area (Å²) < 4.78 is 0. The molecular weight excluding hydrogens is 194 g/mol. The molecule has 0 saturated heterocycles. The Hall–Kier alpha value is -1.50. The van der Waals surface area contributed by atoms with Crippen molar-refractivity contribution in [3.63, 3.8) is 0 Å². The van der Waals surface area contributed by atoms with Gasteiger partial charge in [0.25, 0.3) is 0 Å². The second kappa shape index (κ2) is 5.55. The van der Waals surface area contributed by atoms with Gasteiger partial charge in [-0.25, -0.2) is 0 Å². The summed E-state index contributed by atoms with van der Waals surface area (Å²) in [6.07, 6.45) is 0. The molecule has 86 valence electrons. The fourth-order valence-corrected chi connectivity index (χ4v) is 1.39. The Kier molecular flexibility index (Phi) is 4.36. The van der Waals surface area contributed by atoms with E-state index in [4.69, 9.17) is 0 Å². The maximum atomic E-state index is 4.04. The molecule has 0 atom stereocenters. The van der Waals surface area contributed by atoms with Crippen LogP contribution in [0.15, 0.2) is 37.4 Å². The van der Waals surface area contributed by atoms with Gasteiger partial charge in [-0.05, 0) is 24.0 Å². The second-order valence-electron chi connectivity index (χ2n) is 4.61. The zero-order valence-electron chi connectivity index (χ0n) is 10.5. The maximum Gasteiger partial charge on any atom is 0.0340 e. The summed E-state index contributed by atoms with van der Waals surface area (Å²) in [7, 11) is 0. The lowest BCUT2D eigenvalue weighted by molar-refractivity contribution is 0.618. The summed E-state index contributed by atoms with van der Waals surface area (Å²) in [5, 5.41) is 3.33. The number of hydrogen-bond acceptors (Lipinski definition) is 1. The molecule has 0 unspecified atom stereocenters. The molecule has 0 saturated carbocycles. The molecule has 0 aliphatic carbocycles. The molecule has 1 heteroatoms. The summed E-state index contributed by atoms with van der Waals surface area (Å²) in [4.78, 5) is 0. The van der Waals surface area contributed by atoms with Gasteiger partial charge in [0, 0.05) is 12.2 Å². The highest BCUT2D eigenvalue weighted by atomic mass is 14.9. The zero-order valence-corrected chi connectivity index (χ0v) is 10.5. The summed E-state index contributed by atoms with van der Waals surface area (Å²) in [6.45, 7) is 15.3. The van der Waals surface area contributed by atoms with Crippen LogP contribution in [-0.4, -0.2) is 6.54 Å². The topological polar surface area (TPSA) is 12.0 Å². The minimum Gasteiger partial charge on any atom is -0.385 e. The van der Waals surface area contributed by atoms with Crippen LogP contribution < -0.4 is 5.32 Å². The predicted molar refractivity (Wildman–Crippen MR) is 73.0 cm³/mol. The van der Waals surface area contributed by atoms with Gasteiger partial charge in [-0.15, -0.1) is 0 Å². The molecule has 0 aliphatic rings. The van der Waals surface area contributed by atoms with Crippen LogP contribution in [0.1, 0.15) is 31.9 Å². The SMILES string of the molecule is C=C(C)c1ccc(C(=C)NCC(C)C)cc1. The fourth-order valence-electron chi connectivity index (χ4n) is 1.39. The van der Waals surface area contributed by atoms with E-state index < -0.39 is 0 Å². The van der Waals surface area contributed by atoms with Crippen LogP contribution in [-0.2, 0) is 0 Å². The number of nitrogens with one attached hydrogen (secondary N) is 1. The lowest BCUT2D eigenvalue weighted by Crippen LogP contribution is -2.17. The molecule has 1 N–H and O–H groups in total. The monoisotopic (exact) mass is 215 g/mol. The van der Waals surface area contributed by atoms with E-state index in [1.165, 1.54) is 5.56 Å². The van der Waals surface area contributed by atoms with Crippen LogP contribution >= 0.6 is 0 Å². The van der Waals surface area contributed by atoms with E-state index in [1.807, 2.05) is 6.92 Å². The van der Waals surface area contributed by atoms with Gasteiger partial charge < -0.3 is 5.32 Å². The minimum absolute atomic E-state index is 0.631. The van der Waals surface area contributed by atoms with Gasteiger partial charge in [0.1, 0.15) is 0 Å². The van der Waals surface area contributed by atoms with Crippen molar-refractivity contribution in [1.82, 2.24) is 5.32 Å². The van der Waals surface area contributed by atoms with Gasteiger partial charge in [0.15, 0.2) is 0 Å². The number of benzene rings is 1. The molecule has 0 heterocycles. The largest absolute Gasteiger partial charge is 0.385 e. The van der Waals surface area contributed by atoms with Gasteiger partial charge in [0.05, 0.1) is 0 Å². The fraction of sp³-hybridized carbons (Fsp3) is 0.333. The lowest BCUT2D eigenvalue weighted by atomic mass is 10.1. The highest BCUT2D eigenvalue weighted by Gasteiger charge is 2.00. The van der Waals surface area contributed by atoms with Crippen molar-refractivity contribution >= 4 is 11.3 Å². The van der Waals surface area contributed by atoms with Crippen LogP contribution in [0.3, 0.4) is 0 Å². The molecule has 0 aliphatic heterocycles. The quantitative estimate of drug-likeness (QED) is 0.784. The molecule has 0 aromatic heterocycles. The van der Waals surface area contributed by atoms with Crippen molar-refractivity contribution in [2.75, 3.05) is 6.54 Å². The third-order valence-corrected chi connectivity index (χ3v) is 2.45. The summed E-state index contributed by atoms with van der Waals surface area (Å²) in [5.74, 6) is 0.631. The average Bonchev–Trinajstić information content (AvgIpc) is 2.26. The Bertz CT molecular complexity index is 371. The predicted octanol–water partition coefficient (Wildman–Crippen LogP) is 3.94. The Balaban J connectivity index is 2.67. The molecule has 1 nitrogen and oxygen atoms in total. The molecular formula is C15H21N. The first kappa shape index (κ1) is 12.6. The Morgan fingerprint density at radius 2 is 1.62 bits per heavy atom. The van der Waals surface area contributed by atoms with E-state index >= 15 is 0 Å². The molecule has 0 radical (unpaired) electrons. The van der Waals surface area contributed by atoms with Crippen molar-refractivity contribution < 1.29 is 0 Å². The van der Waals surface area contributed by atoms with E-state index in [0.717, 1.165) is 23.4 Å². The average molecular weight is 215 g/mol. The van der Waals surface area contributed by atoms with Crippen molar-refractivity contribution in [3.8, 4) is 0 Å². The van der Waals surface area contributed by atoms with E-state index in [9.17, 15) is 0 Å². The van der Waals surface area contributed by atoms with E-state index in [-0.39, 0.29) is 0 Å². The zero-order chi connectivity index (χ0) is 12.1. The maximum absolute atomic E-state index is 4.04. The van der Waals surface area contributed by atoms with Gasteiger partial charge in [-0.1, -0.05) is 56.8 Å². The normalized spacial score (nSPS) is 10.2. The van der Waals surface area contributed by atoms with Crippen LogP contribution in [0.25, 0.3) is 11.3 Å². The van der Waals surface area contributed by atoms with Crippen molar-refractivity contribution in [2.24, 2.45) is 5.92 Å². The molecule has 0 spiro atoms. The van der Waals surface area contributed by atoms with Gasteiger partial charge in [0.2, 0.25) is 0 Å². The summed E-state index contributed by atoms with van der Waals surface area (Å²) in [5.41, 5.74) is 4.40. The first-order valence-electron chi connectivity index (χ1n) is 5.69. The van der Waals surface area contributed by atoms with Gasteiger partial charge in [-0.2, -0.15) is 0 Å². The van der Waals surface area contributed by atoms with E-state index in [0.29, 0.717) is 5.92 Å². The number of allylic oxidation sites excluding steroid dienone is 1. The lowest BCUT2D eigenvalue weighted by Gasteiger charge is -2.12. The Labute approximate surface area is 98.9 Å². The summed E-state index contributed by atoms with van der Waals surface area (Å²) in [6, 6.07) is 8.33. The molecule has 0 amide bonds. The smallest absolute Gasteiger partial charge is 0.0340 e. The molecule has 16 heavy (non-hydrogen) atoms. The van der Waals surface area contributed by atoms with Crippen LogP contribution in [0.2, 0.25) is 0 Å². The van der Waals surface area contributed by atoms with E-state index in [1.54, 1.807) is 0 Å². The highest BCUT2D eigenvalue weighted by molar-refractivity contribution is 5.66. The van der Waals surface area contributed by atoms with Crippen LogP contribution in [0.5, 0.6) is 0 Å². The van der Waals surface area contributed by atoms with Crippen molar-refractivity contribution in [1.29, 1.82) is 0 Å². The summed E-state index contributed by atoms with van der Waals surface area (Å²) >= 11 is 0. The first-order valence-corrected chi connectivity index (χ1v) is 5.69. The first-order chi connectivity index (χ1) is 7.50. The molecule has 1 aromatic rings. The standard InChI is InChI=1S/C15H21N/c1-11(2)10-16-13(5)15-8-6-14(7-9-15)12(3)4/h6-9,11,16H,3,5,10H2,1-2,4H3. The van der Waals surface area contributed by atoms with Gasteiger partial charge in [-0.3, -0.25) is 0 Å². The minimum atomic E-state index is 0.631. The number of hydrogen-bond donors (Lipinski definition) is 1. The molecule has 0 fully saturated rings. The molecule has 0 bridgehead atoms. The van der Waals surface area contributed by atoms with E-state index in [2.05, 4.69) is 56.6 Å². The van der Waals surface area contributed by atoms with Crippen LogP contribution in [0.4, 0.5) is 0 Å². The second-order valence-corrected chi connectivity index (χ2v) is 4.61.